The Morgan fingerprint density at radius 2 is 0.887 bits per heavy atom. The van der Waals surface area contributed by atoms with E-state index in [0.29, 0.717) is 28.7 Å². The van der Waals surface area contributed by atoms with Gasteiger partial charge in [0.2, 0.25) is 0 Å². The van der Waals surface area contributed by atoms with Crippen LogP contribution in [0, 0.1) is 5.41 Å². The molecule has 7 nitrogen and oxygen atoms in total. The van der Waals surface area contributed by atoms with Gasteiger partial charge in [-0.15, -0.1) is 0 Å². The van der Waals surface area contributed by atoms with Crippen LogP contribution in [0.15, 0.2) is 0 Å². The maximum absolute atomic E-state index is 5.58. The molecule has 3 aliphatic rings. The molecule has 3 fully saturated rings. The van der Waals surface area contributed by atoms with Crippen LogP contribution < -0.4 is 0 Å². The average molecular weight is 756 g/mol. The van der Waals surface area contributed by atoms with E-state index in [0.717, 1.165) is 38.9 Å². The maximum atomic E-state index is 5.58. The van der Waals surface area contributed by atoms with E-state index in [1.165, 1.54) is 71.0 Å². The largest absolute Gasteiger partial charge is 0.377 e. The van der Waals surface area contributed by atoms with Gasteiger partial charge in [-0.2, -0.15) is 0 Å². The lowest BCUT2D eigenvalue weighted by Gasteiger charge is -2.39. The van der Waals surface area contributed by atoms with Crippen molar-refractivity contribution in [1.29, 1.82) is 0 Å². The molecule has 322 valence electrons. The summed E-state index contributed by atoms with van der Waals surface area (Å²) in [7, 11) is 8.65. The van der Waals surface area contributed by atoms with Gasteiger partial charge in [0.15, 0.2) is 0 Å². The fraction of sp³-hybridized carbons (Fsp3) is 1.00. The molecule has 0 spiro atoms. The van der Waals surface area contributed by atoms with E-state index >= 15 is 0 Å². The molecule has 0 N–H and O–H groups in total. The van der Waals surface area contributed by atoms with Gasteiger partial charge in [0.25, 0.3) is 0 Å². The van der Waals surface area contributed by atoms with Gasteiger partial charge in [-0.25, -0.2) is 0 Å². The lowest BCUT2D eigenvalue weighted by atomic mass is 9.86. The SMILES string of the molecule is CC(N1CCCCC1)C(C)(C)C.CCCN(C)C(C)(C)C.CCN(C)C(C)(C)C.CN(C[C@@H]1CCCO1)C(C)(C)C.CN(C[C@H]1CCCO1)C(C)(C)C. The van der Waals surface area contributed by atoms with Crippen molar-refractivity contribution in [1.82, 2.24) is 24.5 Å². The van der Waals surface area contributed by atoms with Crippen molar-refractivity contribution in [2.45, 2.75) is 216 Å². The molecule has 7 heteroatoms. The third-order valence-electron chi connectivity index (χ3n) is 11.8. The molecule has 0 aromatic rings. The Morgan fingerprint density at radius 3 is 1.09 bits per heavy atom. The fourth-order valence-electron chi connectivity index (χ4n) is 5.73. The summed E-state index contributed by atoms with van der Waals surface area (Å²) in [5.74, 6) is 0. The summed E-state index contributed by atoms with van der Waals surface area (Å²) in [6.45, 7) is 49.6. The van der Waals surface area contributed by atoms with Gasteiger partial charge in [0, 0.05) is 54.5 Å². The molecule has 3 saturated heterocycles. The van der Waals surface area contributed by atoms with Crippen molar-refractivity contribution in [3.63, 3.8) is 0 Å². The molecule has 3 aliphatic heterocycles. The summed E-state index contributed by atoms with van der Waals surface area (Å²) in [5, 5.41) is 0. The molecule has 0 aromatic carbocycles. The van der Waals surface area contributed by atoms with Gasteiger partial charge in [-0.05, 0) is 195 Å². The smallest absolute Gasteiger partial charge is 0.0702 e. The van der Waals surface area contributed by atoms with E-state index in [-0.39, 0.29) is 11.1 Å². The monoisotopic (exact) mass is 756 g/mol. The number of piperidine rings is 1. The van der Waals surface area contributed by atoms with Crippen molar-refractivity contribution >= 4 is 0 Å². The van der Waals surface area contributed by atoms with Crippen LogP contribution in [0.25, 0.3) is 0 Å². The zero-order valence-corrected chi connectivity index (χ0v) is 40.6. The third kappa shape index (κ3) is 27.1. The highest BCUT2D eigenvalue weighted by Crippen LogP contribution is 2.26. The van der Waals surface area contributed by atoms with Gasteiger partial charge in [-0.1, -0.05) is 41.0 Å². The fourth-order valence-corrected chi connectivity index (χ4v) is 5.73. The quantitative estimate of drug-likeness (QED) is 0.244. The van der Waals surface area contributed by atoms with Crippen LogP contribution in [0.3, 0.4) is 0 Å². The topological polar surface area (TPSA) is 34.7 Å². The van der Waals surface area contributed by atoms with E-state index in [1.54, 1.807) is 0 Å². The highest BCUT2D eigenvalue weighted by Gasteiger charge is 2.27. The highest BCUT2D eigenvalue weighted by atomic mass is 16.5. The van der Waals surface area contributed by atoms with Crippen molar-refractivity contribution < 1.29 is 9.47 Å². The maximum Gasteiger partial charge on any atom is 0.0702 e. The van der Waals surface area contributed by atoms with E-state index < -0.39 is 0 Å². The van der Waals surface area contributed by atoms with Crippen LogP contribution in [-0.4, -0.2) is 146 Å². The predicted octanol–water partition coefficient (Wildman–Crippen LogP) is 10.6. The van der Waals surface area contributed by atoms with Crippen molar-refractivity contribution in [2.24, 2.45) is 5.41 Å². The Kier molecular flexibility index (Phi) is 26.8. The Balaban J connectivity index is 0. The first-order valence-electron chi connectivity index (χ1n) is 21.8. The molecule has 3 heterocycles. The number of hydrogen-bond acceptors (Lipinski definition) is 7. The van der Waals surface area contributed by atoms with Crippen molar-refractivity contribution in [3.8, 4) is 0 Å². The van der Waals surface area contributed by atoms with Gasteiger partial charge in [-0.3, -0.25) is 9.80 Å². The van der Waals surface area contributed by atoms with Gasteiger partial charge in [0.05, 0.1) is 12.2 Å². The first-order chi connectivity index (χ1) is 24.0. The van der Waals surface area contributed by atoms with Crippen LogP contribution in [-0.2, 0) is 9.47 Å². The van der Waals surface area contributed by atoms with Crippen LogP contribution in [0.1, 0.15) is 176 Å². The molecular formula is C46H101N5O2. The molecule has 0 radical (unpaired) electrons. The van der Waals surface area contributed by atoms with Gasteiger partial charge in [0.1, 0.15) is 0 Å². The van der Waals surface area contributed by atoms with Crippen LogP contribution in [0.4, 0.5) is 0 Å². The molecule has 0 saturated carbocycles. The second-order valence-electron chi connectivity index (χ2n) is 21.3. The molecule has 0 bridgehead atoms. The van der Waals surface area contributed by atoms with E-state index in [2.05, 4.69) is 177 Å². The first kappa shape index (κ1) is 54.8. The van der Waals surface area contributed by atoms with Crippen LogP contribution in [0.2, 0.25) is 0 Å². The summed E-state index contributed by atoms with van der Waals surface area (Å²) < 4.78 is 11.2. The normalized spacial score (nSPS) is 20.9. The molecule has 0 amide bonds. The highest BCUT2D eigenvalue weighted by molar-refractivity contribution is 4.81. The number of hydrogen-bond donors (Lipinski definition) is 0. The van der Waals surface area contributed by atoms with E-state index in [1.807, 2.05) is 0 Å². The second kappa shape index (κ2) is 25.9. The summed E-state index contributed by atoms with van der Waals surface area (Å²) in [4.78, 5) is 12.1. The molecular weight excluding hydrogens is 655 g/mol. The number of nitrogens with zero attached hydrogens (tertiary/aromatic N) is 5. The minimum absolute atomic E-state index is 0.270. The predicted molar refractivity (Wildman–Crippen MR) is 238 cm³/mol. The number of ether oxygens (including phenoxy) is 2. The Bertz CT molecular complexity index is 825. The molecule has 3 rings (SSSR count). The minimum atomic E-state index is 0.270. The summed E-state index contributed by atoms with van der Waals surface area (Å²) in [6, 6.07) is 0.734. The zero-order valence-electron chi connectivity index (χ0n) is 40.6. The minimum Gasteiger partial charge on any atom is -0.377 e. The first-order valence-corrected chi connectivity index (χ1v) is 21.8. The molecule has 0 aliphatic carbocycles. The van der Waals surface area contributed by atoms with Gasteiger partial charge < -0.3 is 24.2 Å². The summed E-state index contributed by atoms with van der Waals surface area (Å²) in [6.07, 6.45) is 11.4. The van der Waals surface area contributed by atoms with E-state index in [4.69, 9.17) is 9.47 Å². The van der Waals surface area contributed by atoms with Crippen molar-refractivity contribution in [3.05, 3.63) is 0 Å². The Hall–Kier alpha value is -0.280. The van der Waals surface area contributed by atoms with Crippen molar-refractivity contribution in [2.75, 3.05) is 80.7 Å². The average Bonchev–Trinajstić information content (AvgIpc) is 3.75. The third-order valence-corrected chi connectivity index (χ3v) is 11.8. The van der Waals surface area contributed by atoms with E-state index in [9.17, 15) is 0 Å². The molecule has 0 aromatic heterocycles. The Labute approximate surface area is 335 Å². The Morgan fingerprint density at radius 1 is 0.528 bits per heavy atom. The number of likely N-dealkylation sites (tertiary alicyclic amines) is 1. The van der Waals surface area contributed by atoms with Gasteiger partial charge >= 0.3 is 0 Å². The zero-order chi connectivity index (χ0) is 41.8. The number of rotatable bonds is 8. The molecule has 53 heavy (non-hydrogen) atoms. The molecule has 3 atom stereocenters. The van der Waals surface area contributed by atoms with Crippen LogP contribution >= 0.6 is 0 Å². The summed E-state index contributed by atoms with van der Waals surface area (Å²) >= 11 is 0. The van der Waals surface area contributed by atoms with Crippen LogP contribution in [0.5, 0.6) is 0 Å². The molecule has 1 unspecified atom stereocenters. The lowest BCUT2D eigenvalue weighted by molar-refractivity contribution is 0.0521. The second-order valence-corrected chi connectivity index (χ2v) is 21.3. The number of likely N-dealkylation sites (N-methyl/N-ethyl adjacent to an activating group) is 2. The lowest BCUT2D eigenvalue weighted by Crippen LogP contribution is -2.44. The summed E-state index contributed by atoms with van der Waals surface area (Å²) in [5.41, 5.74) is 1.67. The standard InChI is InChI=1S/C11H23N.2C10H21NO.C8H19N.C7H17N/c1-10(11(2,3)4)12-8-6-5-7-9-12;2*1-10(2,3)11(4)8-9-6-5-7-12-9;1-6-7-9(5)8(2,3)4;1-6-8(5)7(2,3)4/h10H,5-9H2,1-4H3;2*9H,5-8H2,1-4H3;6-7H2,1-5H3;6H2,1-5H3/t;2*9-;;/m.10../s1.